The number of Topliss-reactive ketones (excluding diaryl/α,β-unsaturated/α-hetero) is 1. The van der Waals surface area contributed by atoms with Crippen molar-refractivity contribution in [2.24, 2.45) is 17.2 Å². The first kappa shape index (κ1) is 16.2. The Morgan fingerprint density at radius 3 is 2.46 bits per heavy atom. The monoisotopic (exact) mass is 324 g/mol. The number of ketones is 1. The molecule has 124 valence electrons. The molecule has 1 aliphatic rings. The lowest BCUT2D eigenvalue weighted by molar-refractivity contribution is 0.101. The van der Waals surface area contributed by atoms with Gasteiger partial charge in [0.25, 0.3) is 0 Å². The van der Waals surface area contributed by atoms with Crippen LogP contribution in [0.5, 0.6) is 0 Å². The van der Waals surface area contributed by atoms with E-state index in [1.165, 1.54) is 11.8 Å². The Labute approximate surface area is 140 Å². The summed E-state index contributed by atoms with van der Waals surface area (Å²) >= 11 is 0. The number of fused-ring (bicyclic) bond motifs is 1. The molecule has 0 saturated carbocycles. The molecule has 6 nitrogen and oxygen atoms in total. The number of nitrogens with two attached hydrogens (primary N) is 3. The number of benzene rings is 2. The van der Waals surface area contributed by atoms with Crippen molar-refractivity contribution in [2.75, 3.05) is 4.90 Å². The SMILES string of the molecule is CC(=O)c1cccc(-c2ccc3c(c2)CC(N)C(N)N3C(N)=O)c1. The van der Waals surface area contributed by atoms with Gasteiger partial charge < -0.3 is 17.2 Å². The van der Waals surface area contributed by atoms with E-state index in [2.05, 4.69) is 0 Å². The molecule has 24 heavy (non-hydrogen) atoms. The van der Waals surface area contributed by atoms with E-state index in [1.807, 2.05) is 36.4 Å². The van der Waals surface area contributed by atoms with Gasteiger partial charge in [0.1, 0.15) is 6.17 Å². The van der Waals surface area contributed by atoms with Gasteiger partial charge in [-0.25, -0.2) is 4.79 Å². The molecule has 6 N–H and O–H groups in total. The van der Waals surface area contributed by atoms with Crippen molar-refractivity contribution in [3.05, 3.63) is 53.6 Å². The Bertz CT molecular complexity index is 818. The second kappa shape index (κ2) is 6.07. The van der Waals surface area contributed by atoms with Crippen LogP contribution in [0, 0.1) is 0 Å². The number of primary amides is 1. The summed E-state index contributed by atoms with van der Waals surface area (Å²) in [6, 6.07) is 12.1. The number of rotatable bonds is 2. The molecule has 3 rings (SSSR count). The Morgan fingerprint density at radius 1 is 1.08 bits per heavy atom. The van der Waals surface area contributed by atoms with Gasteiger partial charge in [0.15, 0.2) is 5.78 Å². The average molecular weight is 324 g/mol. The maximum atomic E-state index is 11.7. The molecule has 0 bridgehead atoms. The number of anilines is 1. The largest absolute Gasteiger partial charge is 0.351 e. The topological polar surface area (TPSA) is 115 Å². The van der Waals surface area contributed by atoms with Crippen LogP contribution in [0.15, 0.2) is 42.5 Å². The lowest BCUT2D eigenvalue weighted by atomic mass is 9.92. The number of carbonyl (C=O) groups excluding carboxylic acids is 2. The van der Waals surface area contributed by atoms with Crippen LogP contribution < -0.4 is 22.1 Å². The number of carbonyl (C=O) groups is 2. The highest BCUT2D eigenvalue weighted by atomic mass is 16.2. The lowest BCUT2D eigenvalue weighted by Crippen LogP contribution is -2.60. The first-order valence-corrected chi connectivity index (χ1v) is 7.72. The van der Waals surface area contributed by atoms with Crippen molar-refractivity contribution in [3.8, 4) is 11.1 Å². The van der Waals surface area contributed by atoms with E-state index >= 15 is 0 Å². The predicted octanol–water partition coefficient (Wildman–Crippen LogP) is 1.61. The first-order valence-electron chi connectivity index (χ1n) is 7.72. The summed E-state index contributed by atoms with van der Waals surface area (Å²) in [5, 5.41) is 0. The minimum absolute atomic E-state index is 0.0164. The molecular formula is C18H20N4O2. The molecule has 0 fully saturated rings. The van der Waals surface area contributed by atoms with Crippen molar-refractivity contribution >= 4 is 17.5 Å². The third-order valence-corrected chi connectivity index (χ3v) is 4.37. The maximum absolute atomic E-state index is 11.7. The number of amides is 2. The zero-order valence-corrected chi connectivity index (χ0v) is 13.4. The summed E-state index contributed by atoms with van der Waals surface area (Å²) in [6.45, 7) is 1.54. The predicted molar refractivity (Wildman–Crippen MR) is 93.6 cm³/mol. The number of hydrogen-bond acceptors (Lipinski definition) is 4. The van der Waals surface area contributed by atoms with Gasteiger partial charge in [0.2, 0.25) is 0 Å². The molecular weight excluding hydrogens is 304 g/mol. The smallest absolute Gasteiger partial charge is 0.320 e. The standard InChI is InChI=1S/C18H20N4O2/c1-10(23)11-3-2-4-12(7-11)13-5-6-16-14(8-13)9-15(19)17(20)22(16)18(21)24/h2-8,15,17H,9,19-20H2,1H3,(H2,21,24). The Balaban J connectivity index is 2.06. The molecule has 2 aromatic rings. The second-order valence-electron chi connectivity index (χ2n) is 6.05. The molecule has 0 aliphatic carbocycles. The highest BCUT2D eigenvalue weighted by Gasteiger charge is 2.32. The average Bonchev–Trinajstić information content (AvgIpc) is 2.55. The molecule has 2 aromatic carbocycles. The van der Waals surface area contributed by atoms with E-state index in [-0.39, 0.29) is 11.8 Å². The third-order valence-electron chi connectivity index (χ3n) is 4.37. The van der Waals surface area contributed by atoms with Gasteiger partial charge in [0.05, 0.1) is 5.69 Å². The van der Waals surface area contributed by atoms with Crippen LogP contribution >= 0.6 is 0 Å². The highest BCUT2D eigenvalue weighted by molar-refractivity contribution is 5.96. The molecule has 0 radical (unpaired) electrons. The van der Waals surface area contributed by atoms with E-state index < -0.39 is 12.2 Å². The third kappa shape index (κ3) is 2.77. The van der Waals surface area contributed by atoms with Crippen LogP contribution in [0.1, 0.15) is 22.8 Å². The molecule has 2 atom stereocenters. The van der Waals surface area contributed by atoms with Crippen LogP contribution in [-0.2, 0) is 6.42 Å². The van der Waals surface area contributed by atoms with Gasteiger partial charge >= 0.3 is 6.03 Å². The van der Waals surface area contributed by atoms with Crippen LogP contribution in [0.3, 0.4) is 0 Å². The van der Waals surface area contributed by atoms with Gasteiger partial charge in [-0.05, 0) is 48.2 Å². The molecule has 1 aliphatic heterocycles. The quantitative estimate of drug-likeness (QED) is 0.728. The fourth-order valence-electron chi connectivity index (χ4n) is 3.07. The lowest BCUT2D eigenvalue weighted by Gasteiger charge is -2.37. The van der Waals surface area contributed by atoms with Crippen molar-refractivity contribution in [2.45, 2.75) is 25.6 Å². The van der Waals surface area contributed by atoms with Crippen LogP contribution in [0.4, 0.5) is 10.5 Å². The molecule has 6 heteroatoms. The van der Waals surface area contributed by atoms with E-state index in [0.717, 1.165) is 16.7 Å². The zero-order valence-electron chi connectivity index (χ0n) is 13.4. The Hall–Kier alpha value is -2.70. The van der Waals surface area contributed by atoms with Gasteiger partial charge in [-0.3, -0.25) is 9.69 Å². The van der Waals surface area contributed by atoms with E-state index in [0.29, 0.717) is 17.7 Å². The fourth-order valence-corrected chi connectivity index (χ4v) is 3.07. The van der Waals surface area contributed by atoms with Gasteiger partial charge in [-0.15, -0.1) is 0 Å². The minimum atomic E-state index is -0.637. The van der Waals surface area contributed by atoms with Crippen LogP contribution in [0.25, 0.3) is 11.1 Å². The summed E-state index contributed by atoms with van der Waals surface area (Å²) in [5.74, 6) is 0.0164. The van der Waals surface area contributed by atoms with Crippen molar-refractivity contribution in [1.29, 1.82) is 0 Å². The summed E-state index contributed by atoms with van der Waals surface area (Å²) in [6.07, 6.45) is -0.0811. The van der Waals surface area contributed by atoms with Crippen LogP contribution in [0.2, 0.25) is 0 Å². The normalized spacial score (nSPS) is 19.7. The van der Waals surface area contributed by atoms with Gasteiger partial charge in [0, 0.05) is 11.6 Å². The second-order valence-corrected chi connectivity index (χ2v) is 6.05. The van der Waals surface area contributed by atoms with Crippen LogP contribution in [-0.4, -0.2) is 24.0 Å². The summed E-state index contributed by atoms with van der Waals surface area (Å²) in [7, 11) is 0. The molecule has 0 saturated heterocycles. The molecule has 0 aromatic heterocycles. The highest BCUT2D eigenvalue weighted by Crippen LogP contribution is 2.33. The Morgan fingerprint density at radius 2 is 1.79 bits per heavy atom. The first-order chi connectivity index (χ1) is 11.4. The van der Waals surface area contributed by atoms with E-state index in [4.69, 9.17) is 17.2 Å². The van der Waals surface area contributed by atoms with E-state index in [1.54, 1.807) is 6.07 Å². The van der Waals surface area contributed by atoms with Gasteiger partial charge in [-0.2, -0.15) is 0 Å². The maximum Gasteiger partial charge on any atom is 0.320 e. The number of urea groups is 1. The van der Waals surface area contributed by atoms with Crippen molar-refractivity contribution in [1.82, 2.24) is 0 Å². The van der Waals surface area contributed by atoms with Gasteiger partial charge in [-0.1, -0.05) is 24.3 Å². The molecule has 2 unspecified atom stereocenters. The number of nitrogens with zero attached hydrogens (tertiary/aromatic N) is 1. The summed E-state index contributed by atoms with van der Waals surface area (Å²) in [4.78, 5) is 24.6. The molecule has 0 spiro atoms. The van der Waals surface area contributed by atoms with Crippen molar-refractivity contribution in [3.63, 3.8) is 0 Å². The molecule has 1 heterocycles. The zero-order chi connectivity index (χ0) is 17.4. The minimum Gasteiger partial charge on any atom is -0.351 e. The summed E-state index contributed by atoms with van der Waals surface area (Å²) < 4.78 is 0. The van der Waals surface area contributed by atoms with E-state index in [9.17, 15) is 9.59 Å². The Kier molecular flexibility index (Phi) is 4.09. The fraction of sp³-hybridized carbons (Fsp3) is 0.222. The summed E-state index contributed by atoms with van der Waals surface area (Å²) in [5.41, 5.74) is 21.6. The number of hydrogen-bond donors (Lipinski definition) is 3. The van der Waals surface area contributed by atoms with Crippen molar-refractivity contribution < 1.29 is 9.59 Å². The molecule has 2 amide bonds.